The summed E-state index contributed by atoms with van der Waals surface area (Å²) in [6.07, 6.45) is 2.42. The second kappa shape index (κ2) is 4.17. The molecule has 0 amide bonds. The first kappa shape index (κ1) is 11.0. The summed E-state index contributed by atoms with van der Waals surface area (Å²) in [6, 6.07) is 1.78. The van der Waals surface area contributed by atoms with Gasteiger partial charge < -0.3 is 14.5 Å². The zero-order valence-electron chi connectivity index (χ0n) is 8.83. The highest BCUT2D eigenvalue weighted by Crippen LogP contribution is 2.40. The van der Waals surface area contributed by atoms with Crippen molar-refractivity contribution in [3.8, 4) is 11.5 Å². The molecule has 4 nitrogen and oxygen atoms in total. The van der Waals surface area contributed by atoms with Crippen molar-refractivity contribution >= 4 is 33.1 Å². The number of rotatable bonds is 3. The van der Waals surface area contributed by atoms with Crippen LogP contribution in [0.1, 0.15) is 10.4 Å². The molecule has 0 saturated heterocycles. The number of methoxy groups -OCH3 is 2. The van der Waals surface area contributed by atoms with Crippen LogP contribution in [0.5, 0.6) is 11.5 Å². The SMILES string of the molecule is COc1c(Br)cc(OC)c2c(C=O)c[nH]c12. The Hall–Kier alpha value is -1.49. The van der Waals surface area contributed by atoms with Crippen molar-refractivity contribution in [2.75, 3.05) is 14.2 Å². The number of hydrogen-bond acceptors (Lipinski definition) is 3. The molecule has 0 atom stereocenters. The van der Waals surface area contributed by atoms with Crippen molar-refractivity contribution in [1.29, 1.82) is 0 Å². The van der Waals surface area contributed by atoms with E-state index >= 15 is 0 Å². The number of carbonyl (C=O) groups excluding carboxylic acids is 1. The summed E-state index contributed by atoms with van der Waals surface area (Å²) in [5.41, 5.74) is 1.30. The Balaban J connectivity index is 2.89. The largest absolute Gasteiger partial charge is 0.496 e. The summed E-state index contributed by atoms with van der Waals surface area (Å²) >= 11 is 3.39. The van der Waals surface area contributed by atoms with Crippen LogP contribution in [-0.4, -0.2) is 25.5 Å². The van der Waals surface area contributed by atoms with Crippen LogP contribution >= 0.6 is 15.9 Å². The van der Waals surface area contributed by atoms with Gasteiger partial charge in [0, 0.05) is 11.8 Å². The third-order valence-electron chi connectivity index (χ3n) is 2.41. The van der Waals surface area contributed by atoms with Crippen molar-refractivity contribution in [1.82, 2.24) is 4.98 Å². The Kier molecular flexibility index (Phi) is 2.87. The van der Waals surface area contributed by atoms with Crippen molar-refractivity contribution in [2.24, 2.45) is 0 Å². The molecule has 1 heterocycles. The molecular weight excluding hydrogens is 274 g/mol. The number of aldehydes is 1. The van der Waals surface area contributed by atoms with Gasteiger partial charge in [-0.05, 0) is 22.0 Å². The van der Waals surface area contributed by atoms with E-state index in [4.69, 9.17) is 9.47 Å². The fraction of sp³-hybridized carbons (Fsp3) is 0.182. The zero-order valence-corrected chi connectivity index (χ0v) is 10.4. The summed E-state index contributed by atoms with van der Waals surface area (Å²) in [6.45, 7) is 0. The zero-order chi connectivity index (χ0) is 11.7. The topological polar surface area (TPSA) is 51.3 Å². The predicted octanol–water partition coefficient (Wildman–Crippen LogP) is 2.76. The second-order valence-electron chi connectivity index (χ2n) is 3.21. The van der Waals surface area contributed by atoms with Crippen molar-refractivity contribution in [3.05, 3.63) is 22.3 Å². The maximum Gasteiger partial charge on any atom is 0.157 e. The number of aromatic nitrogens is 1. The highest BCUT2D eigenvalue weighted by molar-refractivity contribution is 9.10. The molecule has 0 aliphatic carbocycles. The van der Waals surface area contributed by atoms with Crippen LogP contribution < -0.4 is 9.47 Å². The Morgan fingerprint density at radius 2 is 2.12 bits per heavy atom. The van der Waals surface area contributed by atoms with E-state index in [-0.39, 0.29) is 0 Å². The average Bonchev–Trinajstić information content (AvgIpc) is 2.71. The number of halogens is 1. The van der Waals surface area contributed by atoms with Crippen LogP contribution in [0.4, 0.5) is 0 Å². The van der Waals surface area contributed by atoms with E-state index in [9.17, 15) is 4.79 Å². The molecule has 0 spiro atoms. The highest BCUT2D eigenvalue weighted by Gasteiger charge is 2.16. The van der Waals surface area contributed by atoms with E-state index in [0.717, 1.165) is 21.7 Å². The number of benzene rings is 1. The van der Waals surface area contributed by atoms with Crippen LogP contribution in [0.25, 0.3) is 10.9 Å². The highest BCUT2D eigenvalue weighted by atomic mass is 79.9. The molecule has 84 valence electrons. The molecule has 0 unspecified atom stereocenters. The predicted molar refractivity (Wildman–Crippen MR) is 64.5 cm³/mol. The van der Waals surface area contributed by atoms with E-state index in [1.165, 1.54) is 0 Å². The van der Waals surface area contributed by atoms with Gasteiger partial charge in [-0.25, -0.2) is 0 Å². The number of carbonyl (C=O) groups is 1. The molecule has 1 aromatic heterocycles. The van der Waals surface area contributed by atoms with Gasteiger partial charge in [0.25, 0.3) is 0 Å². The minimum absolute atomic E-state index is 0.553. The minimum atomic E-state index is 0.553. The molecule has 0 saturated carbocycles. The monoisotopic (exact) mass is 283 g/mol. The summed E-state index contributed by atoms with van der Waals surface area (Å²) in [5, 5.41) is 0.734. The van der Waals surface area contributed by atoms with Crippen LogP contribution in [-0.2, 0) is 0 Å². The lowest BCUT2D eigenvalue weighted by molar-refractivity contribution is 0.112. The quantitative estimate of drug-likeness (QED) is 0.882. The summed E-state index contributed by atoms with van der Waals surface area (Å²) in [4.78, 5) is 13.9. The second-order valence-corrected chi connectivity index (χ2v) is 4.06. The van der Waals surface area contributed by atoms with Crippen molar-refractivity contribution in [2.45, 2.75) is 0 Å². The van der Waals surface area contributed by atoms with Gasteiger partial charge in [-0.15, -0.1) is 0 Å². The number of ether oxygens (including phenoxy) is 2. The molecule has 0 aliphatic heterocycles. The van der Waals surface area contributed by atoms with Gasteiger partial charge in [0.15, 0.2) is 12.0 Å². The lowest BCUT2D eigenvalue weighted by atomic mass is 10.1. The van der Waals surface area contributed by atoms with Crippen molar-refractivity contribution < 1.29 is 14.3 Å². The third-order valence-corrected chi connectivity index (χ3v) is 3.00. The van der Waals surface area contributed by atoms with E-state index in [1.807, 2.05) is 0 Å². The molecule has 5 heteroatoms. The molecule has 1 aromatic carbocycles. The van der Waals surface area contributed by atoms with Gasteiger partial charge in [-0.3, -0.25) is 4.79 Å². The molecule has 0 bridgehead atoms. The lowest BCUT2D eigenvalue weighted by Gasteiger charge is -2.09. The van der Waals surface area contributed by atoms with E-state index in [0.29, 0.717) is 17.1 Å². The molecule has 0 aliphatic rings. The maximum absolute atomic E-state index is 10.9. The number of hydrogen-bond donors (Lipinski definition) is 1. The third kappa shape index (κ3) is 1.48. The average molecular weight is 284 g/mol. The van der Waals surface area contributed by atoms with Crippen LogP contribution in [0.3, 0.4) is 0 Å². The minimum Gasteiger partial charge on any atom is -0.496 e. The van der Waals surface area contributed by atoms with E-state index in [2.05, 4.69) is 20.9 Å². The summed E-state index contributed by atoms with van der Waals surface area (Å²) in [5.74, 6) is 1.29. The van der Waals surface area contributed by atoms with E-state index in [1.54, 1.807) is 26.5 Å². The van der Waals surface area contributed by atoms with Crippen LogP contribution in [0.2, 0.25) is 0 Å². The van der Waals surface area contributed by atoms with Crippen LogP contribution in [0, 0.1) is 0 Å². The first-order valence-corrected chi connectivity index (χ1v) is 5.39. The Labute approximate surface area is 101 Å². The number of fused-ring (bicyclic) bond motifs is 1. The number of H-pyrrole nitrogens is 1. The normalized spacial score (nSPS) is 10.4. The number of nitrogens with one attached hydrogen (secondary N) is 1. The Bertz CT molecular complexity index is 548. The van der Waals surface area contributed by atoms with Gasteiger partial charge >= 0.3 is 0 Å². The first-order chi connectivity index (χ1) is 7.72. The molecule has 2 rings (SSSR count). The lowest BCUT2D eigenvalue weighted by Crippen LogP contribution is -1.91. The Morgan fingerprint density at radius 1 is 1.38 bits per heavy atom. The molecule has 0 fully saturated rings. The standard InChI is InChI=1S/C11H10BrNO3/c1-15-8-3-7(12)11(16-2)10-9(8)6(5-14)4-13-10/h3-5,13H,1-2H3. The molecule has 16 heavy (non-hydrogen) atoms. The van der Waals surface area contributed by atoms with E-state index < -0.39 is 0 Å². The summed E-state index contributed by atoms with van der Waals surface area (Å²) < 4.78 is 11.3. The molecule has 1 N–H and O–H groups in total. The fourth-order valence-corrected chi connectivity index (χ4v) is 2.28. The smallest absolute Gasteiger partial charge is 0.157 e. The first-order valence-electron chi connectivity index (χ1n) is 4.59. The van der Waals surface area contributed by atoms with Gasteiger partial charge in [0.05, 0.1) is 29.6 Å². The van der Waals surface area contributed by atoms with Gasteiger partial charge in [-0.2, -0.15) is 0 Å². The van der Waals surface area contributed by atoms with Gasteiger partial charge in [0.1, 0.15) is 5.75 Å². The van der Waals surface area contributed by atoms with Crippen molar-refractivity contribution in [3.63, 3.8) is 0 Å². The van der Waals surface area contributed by atoms with Gasteiger partial charge in [-0.1, -0.05) is 0 Å². The molecule has 0 radical (unpaired) electrons. The molecule has 2 aromatic rings. The summed E-state index contributed by atoms with van der Waals surface area (Å²) in [7, 11) is 3.14. The Morgan fingerprint density at radius 3 is 2.69 bits per heavy atom. The number of aromatic amines is 1. The van der Waals surface area contributed by atoms with Gasteiger partial charge in [0.2, 0.25) is 0 Å². The van der Waals surface area contributed by atoms with Crippen LogP contribution in [0.15, 0.2) is 16.7 Å². The molecular formula is C11H10BrNO3. The fourth-order valence-electron chi connectivity index (χ4n) is 1.71. The maximum atomic E-state index is 10.9.